The number of nitrogens with one attached hydrogen (secondary N) is 1. The Labute approximate surface area is 193 Å². The van der Waals surface area contributed by atoms with Crippen molar-refractivity contribution in [2.24, 2.45) is 0 Å². The van der Waals surface area contributed by atoms with Crippen molar-refractivity contribution in [2.75, 3.05) is 16.3 Å². The van der Waals surface area contributed by atoms with Gasteiger partial charge in [0.15, 0.2) is 0 Å². The maximum absolute atomic E-state index is 13.7. The fourth-order valence-corrected chi connectivity index (χ4v) is 4.92. The van der Waals surface area contributed by atoms with Crippen molar-refractivity contribution < 1.29 is 18.8 Å². The number of halogens is 1. The van der Waals surface area contributed by atoms with Gasteiger partial charge in [-0.25, -0.2) is 14.1 Å². The number of rotatable bonds is 4. The molecule has 0 spiro atoms. The molecule has 0 aliphatic carbocycles. The Morgan fingerprint density at radius 1 is 1.15 bits per heavy atom. The van der Waals surface area contributed by atoms with Crippen LogP contribution in [0.1, 0.15) is 57.6 Å². The van der Waals surface area contributed by atoms with Gasteiger partial charge in [-0.2, -0.15) is 0 Å². The fourth-order valence-electron chi connectivity index (χ4n) is 4.92. The molecule has 7 heteroatoms. The molecular formula is C26H28FN3O3. The number of urea groups is 1. The molecule has 2 aliphatic heterocycles. The molecule has 2 aliphatic rings. The Balaban J connectivity index is 1.72. The number of barbiturate groups is 1. The third-order valence-corrected chi connectivity index (χ3v) is 6.34. The second kappa shape index (κ2) is 8.46. The van der Waals surface area contributed by atoms with Crippen LogP contribution in [0.4, 0.5) is 20.6 Å². The Morgan fingerprint density at radius 3 is 2.61 bits per heavy atom. The molecule has 0 bridgehead atoms. The van der Waals surface area contributed by atoms with Gasteiger partial charge in [-0.15, -0.1) is 0 Å². The minimum absolute atomic E-state index is 0.0352. The first kappa shape index (κ1) is 22.7. The summed E-state index contributed by atoms with van der Waals surface area (Å²) in [6, 6.07) is 10.2. The number of nitrogens with zero attached hydrogens (tertiary/aromatic N) is 2. The monoisotopic (exact) mass is 449 g/mol. The van der Waals surface area contributed by atoms with Crippen molar-refractivity contribution in [1.29, 1.82) is 0 Å². The number of imide groups is 2. The lowest BCUT2D eigenvalue weighted by Crippen LogP contribution is -2.54. The van der Waals surface area contributed by atoms with Gasteiger partial charge >= 0.3 is 6.03 Å². The summed E-state index contributed by atoms with van der Waals surface area (Å²) in [5, 5.41) is 2.18. The van der Waals surface area contributed by atoms with Gasteiger partial charge < -0.3 is 4.90 Å². The minimum atomic E-state index is -0.899. The van der Waals surface area contributed by atoms with Crippen molar-refractivity contribution >= 4 is 35.3 Å². The van der Waals surface area contributed by atoms with Crippen LogP contribution in [0, 0.1) is 5.82 Å². The molecular weight excluding hydrogens is 421 g/mol. The molecule has 4 amide bonds. The highest BCUT2D eigenvalue weighted by Gasteiger charge is 2.38. The zero-order valence-electron chi connectivity index (χ0n) is 19.3. The number of benzene rings is 2. The molecule has 1 fully saturated rings. The highest BCUT2D eigenvalue weighted by molar-refractivity contribution is 6.39. The molecule has 1 atom stereocenters. The molecule has 0 aromatic heterocycles. The summed E-state index contributed by atoms with van der Waals surface area (Å²) in [7, 11) is 0. The Bertz CT molecular complexity index is 1170. The third kappa shape index (κ3) is 4.15. The van der Waals surface area contributed by atoms with Gasteiger partial charge in [0.2, 0.25) is 0 Å². The van der Waals surface area contributed by atoms with E-state index in [4.69, 9.17) is 0 Å². The standard InChI is InChI=1S/C26H28FN3O3/c1-5-11-29-22-10-9-17(12-20(22)16(2)15-26(29,3)4)13-21-23(31)28-25(33)30(24(21)32)19-8-6-7-18(27)14-19/h6-10,12-14,16H,5,11,15H2,1-4H3,(H,28,31,33)/b21-13-. The van der Waals surface area contributed by atoms with Gasteiger partial charge in [-0.05, 0) is 80.1 Å². The molecule has 172 valence electrons. The zero-order valence-corrected chi connectivity index (χ0v) is 19.3. The normalized spacial score (nSPS) is 21.3. The van der Waals surface area contributed by atoms with E-state index >= 15 is 0 Å². The topological polar surface area (TPSA) is 69.7 Å². The van der Waals surface area contributed by atoms with E-state index in [2.05, 4.69) is 37.9 Å². The fraction of sp³-hybridized carbons (Fsp3) is 0.346. The summed E-state index contributed by atoms with van der Waals surface area (Å²) in [6.07, 6.45) is 3.51. The van der Waals surface area contributed by atoms with E-state index in [1.807, 2.05) is 18.2 Å². The number of amides is 4. The molecule has 2 heterocycles. The van der Waals surface area contributed by atoms with Crippen LogP contribution >= 0.6 is 0 Å². The number of anilines is 2. The smallest absolute Gasteiger partial charge is 0.335 e. The summed E-state index contributed by atoms with van der Waals surface area (Å²) >= 11 is 0. The van der Waals surface area contributed by atoms with Gasteiger partial charge in [0, 0.05) is 17.8 Å². The van der Waals surface area contributed by atoms with Crippen LogP contribution in [0.25, 0.3) is 6.08 Å². The first-order valence-electron chi connectivity index (χ1n) is 11.2. The number of hydrogen-bond donors (Lipinski definition) is 1. The molecule has 2 aromatic carbocycles. The lowest BCUT2D eigenvalue weighted by atomic mass is 9.79. The van der Waals surface area contributed by atoms with Gasteiger partial charge in [0.25, 0.3) is 11.8 Å². The van der Waals surface area contributed by atoms with E-state index < -0.39 is 23.7 Å². The SMILES string of the molecule is CCCN1c2ccc(/C=C3/C(=O)NC(=O)N(c4cccc(F)c4)C3=O)cc2C(C)CC1(C)C. The molecule has 6 nitrogen and oxygen atoms in total. The Morgan fingerprint density at radius 2 is 1.91 bits per heavy atom. The molecule has 0 saturated carbocycles. The molecule has 2 aromatic rings. The van der Waals surface area contributed by atoms with E-state index in [0.29, 0.717) is 11.5 Å². The molecule has 0 radical (unpaired) electrons. The first-order chi connectivity index (χ1) is 15.6. The average molecular weight is 450 g/mol. The van der Waals surface area contributed by atoms with Crippen LogP contribution < -0.4 is 15.1 Å². The highest BCUT2D eigenvalue weighted by Crippen LogP contribution is 2.43. The summed E-state index contributed by atoms with van der Waals surface area (Å²) in [5.41, 5.74) is 2.95. The molecule has 33 heavy (non-hydrogen) atoms. The van der Waals surface area contributed by atoms with Crippen LogP contribution in [-0.2, 0) is 9.59 Å². The van der Waals surface area contributed by atoms with Crippen LogP contribution in [-0.4, -0.2) is 29.9 Å². The summed E-state index contributed by atoms with van der Waals surface area (Å²) in [6.45, 7) is 9.79. The number of fused-ring (bicyclic) bond motifs is 1. The Kier molecular flexibility index (Phi) is 5.82. The third-order valence-electron chi connectivity index (χ3n) is 6.34. The van der Waals surface area contributed by atoms with Crippen LogP contribution in [0.15, 0.2) is 48.0 Å². The van der Waals surface area contributed by atoms with Crippen molar-refractivity contribution in [3.8, 4) is 0 Å². The van der Waals surface area contributed by atoms with E-state index in [1.165, 1.54) is 35.5 Å². The van der Waals surface area contributed by atoms with E-state index in [1.54, 1.807) is 0 Å². The van der Waals surface area contributed by atoms with Gasteiger partial charge in [-0.3, -0.25) is 14.9 Å². The summed E-state index contributed by atoms with van der Waals surface area (Å²) in [4.78, 5) is 41.1. The average Bonchev–Trinajstić information content (AvgIpc) is 2.74. The predicted molar refractivity (Wildman–Crippen MR) is 127 cm³/mol. The van der Waals surface area contributed by atoms with E-state index in [-0.39, 0.29) is 16.8 Å². The van der Waals surface area contributed by atoms with Gasteiger partial charge in [0.1, 0.15) is 11.4 Å². The molecule has 1 N–H and O–H groups in total. The van der Waals surface area contributed by atoms with Crippen molar-refractivity contribution in [3.63, 3.8) is 0 Å². The first-order valence-corrected chi connectivity index (χ1v) is 11.2. The van der Waals surface area contributed by atoms with E-state index in [9.17, 15) is 18.8 Å². The highest BCUT2D eigenvalue weighted by atomic mass is 19.1. The molecule has 1 unspecified atom stereocenters. The van der Waals surface area contributed by atoms with Gasteiger partial charge in [0.05, 0.1) is 5.69 Å². The van der Waals surface area contributed by atoms with Crippen LogP contribution in [0.5, 0.6) is 0 Å². The molecule has 4 rings (SSSR count). The van der Waals surface area contributed by atoms with Crippen LogP contribution in [0.3, 0.4) is 0 Å². The molecule has 1 saturated heterocycles. The minimum Gasteiger partial charge on any atom is -0.366 e. The quantitative estimate of drug-likeness (QED) is 0.527. The van der Waals surface area contributed by atoms with Crippen molar-refractivity contribution in [3.05, 3.63) is 65.0 Å². The van der Waals surface area contributed by atoms with Gasteiger partial charge in [-0.1, -0.05) is 26.0 Å². The van der Waals surface area contributed by atoms with E-state index in [0.717, 1.165) is 30.4 Å². The second-order valence-corrected chi connectivity index (χ2v) is 9.33. The zero-order chi connectivity index (χ0) is 23.9. The second-order valence-electron chi connectivity index (χ2n) is 9.33. The lowest BCUT2D eigenvalue weighted by Gasteiger charge is -2.47. The number of hydrogen-bond acceptors (Lipinski definition) is 4. The van der Waals surface area contributed by atoms with Crippen LogP contribution in [0.2, 0.25) is 0 Å². The summed E-state index contributed by atoms with van der Waals surface area (Å²) in [5.74, 6) is -1.83. The number of carbonyl (C=O) groups is 3. The van der Waals surface area contributed by atoms with Crippen molar-refractivity contribution in [2.45, 2.75) is 52.0 Å². The lowest BCUT2D eigenvalue weighted by molar-refractivity contribution is -0.122. The predicted octanol–water partition coefficient (Wildman–Crippen LogP) is 4.99. The maximum atomic E-state index is 13.7. The Hall–Kier alpha value is -3.48. The number of carbonyl (C=O) groups excluding carboxylic acids is 3. The maximum Gasteiger partial charge on any atom is 0.335 e. The summed E-state index contributed by atoms with van der Waals surface area (Å²) < 4.78 is 13.7. The largest absolute Gasteiger partial charge is 0.366 e. The van der Waals surface area contributed by atoms with Crippen molar-refractivity contribution in [1.82, 2.24) is 5.32 Å².